The Labute approximate surface area is 82.4 Å². The van der Waals surface area contributed by atoms with Crippen LogP contribution in [0.5, 0.6) is 0 Å². The van der Waals surface area contributed by atoms with E-state index in [1.165, 1.54) is 0 Å². The molecule has 0 heterocycles. The van der Waals surface area contributed by atoms with Crippen LogP contribution in [-0.2, 0) is 0 Å². The average Bonchev–Trinajstić information content (AvgIpc) is 1.98. The largest absolute Gasteiger partial charge is 0.381 e. The van der Waals surface area contributed by atoms with Gasteiger partial charge in [0.05, 0.1) is 8.07 Å². The maximum Gasteiger partial charge on any atom is 0.113 e. The summed E-state index contributed by atoms with van der Waals surface area (Å²) in [7, 11) is -1.54. The number of hydrogen-bond donors (Lipinski definition) is 1. The molecule has 0 bridgehead atoms. The minimum atomic E-state index is -1.54. The van der Waals surface area contributed by atoms with Gasteiger partial charge < -0.3 is 5.11 Å². The van der Waals surface area contributed by atoms with Crippen molar-refractivity contribution in [3.05, 3.63) is 12.7 Å². The molecule has 3 heteroatoms. The van der Waals surface area contributed by atoms with Crippen molar-refractivity contribution in [2.24, 2.45) is 4.99 Å². The first-order valence-corrected chi connectivity index (χ1v) is 8.17. The molecular weight excluding hydrogens is 178 g/mol. The van der Waals surface area contributed by atoms with Crippen molar-refractivity contribution in [3.8, 4) is 0 Å². The van der Waals surface area contributed by atoms with E-state index >= 15 is 0 Å². The molecule has 0 amide bonds. The third-order valence-electron chi connectivity index (χ3n) is 1.90. The lowest BCUT2D eigenvalue weighted by molar-refractivity contribution is 0.187. The molecule has 2 nitrogen and oxygen atoms in total. The van der Waals surface area contributed by atoms with Gasteiger partial charge in [-0.1, -0.05) is 32.3 Å². The number of aliphatic hydroxyl groups is 1. The molecule has 0 rings (SSSR count). The fourth-order valence-electron chi connectivity index (χ4n) is 1.41. The van der Waals surface area contributed by atoms with Crippen LogP contribution >= 0.6 is 0 Å². The zero-order valence-corrected chi connectivity index (χ0v) is 10.4. The Morgan fingerprint density at radius 1 is 1.54 bits per heavy atom. The second kappa shape index (κ2) is 4.20. The van der Waals surface area contributed by atoms with Gasteiger partial charge in [0.2, 0.25) is 0 Å². The van der Waals surface area contributed by atoms with Crippen LogP contribution in [0.3, 0.4) is 0 Å². The second-order valence-corrected chi connectivity index (χ2v) is 9.40. The highest BCUT2D eigenvalue weighted by Crippen LogP contribution is 2.17. The number of hydrogen-bond acceptors (Lipinski definition) is 2. The molecule has 0 aromatic heterocycles. The Hall–Kier alpha value is -0.413. The number of rotatable bonds is 4. The summed E-state index contributed by atoms with van der Waals surface area (Å²) in [5.74, 6) is 0. The SMILES string of the molecule is C=CC(C)(O)C(=NCC)[Si](C)(C)C. The topological polar surface area (TPSA) is 32.6 Å². The molecule has 0 aromatic rings. The fourth-order valence-corrected chi connectivity index (χ4v) is 3.66. The van der Waals surface area contributed by atoms with Crippen molar-refractivity contribution in [2.75, 3.05) is 6.54 Å². The van der Waals surface area contributed by atoms with Gasteiger partial charge in [-0.25, -0.2) is 0 Å². The Balaban J connectivity index is 5.06. The van der Waals surface area contributed by atoms with Gasteiger partial charge in [-0.05, 0) is 13.8 Å². The van der Waals surface area contributed by atoms with Crippen LogP contribution in [0.25, 0.3) is 0 Å². The minimum Gasteiger partial charge on any atom is -0.381 e. The number of nitrogens with zero attached hydrogens (tertiary/aromatic N) is 1. The Morgan fingerprint density at radius 2 is 2.00 bits per heavy atom. The van der Waals surface area contributed by atoms with Gasteiger partial charge in [0.15, 0.2) is 0 Å². The van der Waals surface area contributed by atoms with Crippen LogP contribution in [-0.4, -0.2) is 30.7 Å². The van der Waals surface area contributed by atoms with Crippen LogP contribution < -0.4 is 0 Å². The molecule has 76 valence electrons. The van der Waals surface area contributed by atoms with Crippen molar-refractivity contribution in [2.45, 2.75) is 39.1 Å². The highest BCUT2D eigenvalue weighted by molar-refractivity contribution is 7.05. The molecule has 0 saturated heterocycles. The smallest absolute Gasteiger partial charge is 0.113 e. The third-order valence-corrected chi connectivity index (χ3v) is 3.99. The quantitative estimate of drug-likeness (QED) is 0.420. The van der Waals surface area contributed by atoms with Crippen molar-refractivity contribution < 1.29 is 5.11 Å². The molecule has 0 fully saturated rings. The van der Waals surface area contributed by atoms with Crippen molar-refractivity contribution in [1.29, 1.82) is 0 Å². The molecule has 0 spiro atoms. The van der Waals surface area contributed by atoms with E-state index in [2.05, 4.69) is 31.2 Å². The summed E-state index contributed by atoms with van der Waals surface area (Å²) < 4.78 is 0. The van der Waals surface area contributed by atoms with Gasteiger partial charge in [-0.15, -0.1) is 0 Å². The van der Waals surface area contributed by atoms with E-state index < -0.39 is 13.7 Å². The van der Waals surface area contributed by atoms with Crippen LogP contribution in [0.15, 0.2) is 17.6 Å². The summed E-state index contributed by atoms with van der Waals surface area (Å²) in [6.45, 7) is 14.6. The first-order chi connectivity index (χ1) is 5.75. The highest BCUT2D eigenvalue weighted by atomic mass is 28.3. The fraction of sp³-hybridized carbons (Fsp3) is 0.700. The Kier molecular flexibility index (Phi) is 4.07. The first-order valence-electron chi connectivity index (χ1n) is 4.67. The van der Waals surface area contributed by atoms with Gasteiger partial charge in [-0.3, -0.25) is 4.99 Å². The molecule has 13 heavy (non-hydrogen) atoms. The van der Waals surface area contributed by atoms with Crippen molar-refractivity contribution in [1.82, 2.24) is 0 Å². The van der Waals surface area contributed by atoms with Crippen LogP contribution in [0.1, 0.15) is 13.8 Å². The van der Waals surface area contributed by atoms with Crippen molar-refractivity contribution in [3.63, 3.8) is 0 Å². The van der Waals surface area contributed by atoms with E-state index in [0.717, 1.165) is 11.9 Å². The van der Waals surface area contributed by atoms with E-state index in [0.29, 0.717) is 0 Å². The number of aliphatic imine (C=N–C) groups is 1. The minimum absolute atomic E-state index is 0.726. The molecule has 0 aliphatic carbocycles. The summed E-state index contributed by atoms with van der Waals surface area (Å²) in [6.07, 6.45) is 1.57. The lowest BCUT2D eigenvalue weighted by Crippen LogP contribution is -2.48. The average molecular weight is 199 g/mol. The zero-order valence-electron chi connectivity index (χ0n) is 9.39. The summed E-state index contributed by atoms with van der Waals surface area (Å²) >= 11 is 0. The molecule has 1 unspecified atom stereocenters. The standard InChI is InChI=1S/C10H21NOSi/c1-7-10(3,12)9(11-8-2)13(4,5)6/h7,12H,1,8H2,2-6H3. The first kappa shape index (κ1) is 12.6. The lowest BCUT2D eigenvalue weighted by Gasteiger charge is -2.30. The molecule has 0 aliphatic heterocycles. The van der Waals surface area contributed by atoms with Gasteiger partial charge in [0.25, 0.3) is 0 Å². The predicted octanol–water partition coefficient (Wildman–Crippen LogP) is 2.26. The van der Waals surface area contributed by atoms with E-state index in [-0.39, 0.29) is 0 Å². The molecule has 1 atom stereocenters. The monoisotopic (exact) mass is 199 g/mol. The summed E-state index contributed by atoms with van der Waals surface area (Å²) in [4.78, 5) is 4.40. The molecule has 0 radical (unpaired) electrons. The molecule has 0 aliphatic rings. The predicted molar refractivity (Wildman–Crippen MR) is 62.1 cm³/mol. The zero-order chi connectivity index (χ0) is 10.7. The normalized spacial score (nSPS) is 18.2. The Morgan fingerprint density at radius 3 is 2.23 bits per heavy atom. The Bertz CT molecular complexity index is 213. The second-order valence-electron chi connectivity index (χ2n) is 4.42. The maximum absolute atomic E-state index is 10.0. The van der Waals surface area contributed by atoms with Gasteiger partial charge in [0, 0.05) is 11.9 Å². The van der Waals surface area contributed by atoms with Crippen LogP contribution in [0.4, 0.5) is 0 Å². The van der Waals surface area contributed by atoms with Gasteiger partial charge in [0.1, 0.15) is 5.60 Å². The summed E-state index contributed by atoms with van der Waals surface area (Å²) in [5, 5.41) is 11.0. The highest BCUT2D eigenvalue weighted by Gasteiger charge is 2.34. The van der Waals surface area contributed by atoms with E-state index in [1.54, 1.807) is 13.0 Å². The summed E-state index contributed by atoms with van der Waals surface area (Å²) in [6, 6.07) is 0. The molecule has 0 saturated carbocycles. The van der Waals surface area contributed by atoms with Gasteiger partial charge >= 0.3 is 0 Å². The van der Waals surface area contributed by atoms with Crippen LogP contribution in [0, 0.1) is 0 Å². The molecular formula is C10H21NOSi. The molecule has 0 aromatic carbocycles. The third kappa shape index (κ3) is 3.44. The van der Waals surface area contributed by atoms with Crippen LogP contribution in [0.2, 0.25) is 19.6 Å². The van der Waals surface area contributed by atoms with E-state index in [9.17, 15) is 5.11 Å². The van der Waals surface area contributed by atoms with E-state index in [1.807, 2.05) is 6.92 Å². The maximum atomic E-state index is 10.0. The van der Waals surface area contributed by atoms with E-state index in [4.69, 9.17) is 0 Å². The molecule has 1 N–H and O–H groups in total. The van der Waals surface area contributed by atoms with Gasteiger partial charge in [-0.2, -0.15) is 0 Å². The lowest BCUT2D eigenvalue weighted by atomic mass is 10.1. The van der Waals surface area contributed by atoms with Crippen molar-refractivity contribution >= 4 is 13.4 Å². The summed E-state index contributed by atoms with van der Waals surface area (Å²) in [5.41, 5.74) is -0.930.